The minimum atomic E-state index is 0.561. The molecule has 0 saturated heterocycles. The Hall–Kier alpha value is -2.84. The van der Waals surface area contributed by atoms with Crippen molar-refractivity contribution in [3.05, 3.63) is 59.1 Å². The van der Waals surface area contributed by atoms with E-state index in [0.29, 0.717) is 18.0 Å². The molecule has 0 spiro atoms. The molecule has 0 aliphatic heterocycles. The topological polar surface area (TPSA) is 53.7 Å². The lowest BCUT2D eigenvalue weighted by molar-refractivity contribution is 0.243. The third-order valence-electron chi connectivity index (χ3n) is 4.42. The van der Waals surface area contributed by atoms with Crippen molar-refractivity contribution < 1.29 is 14.2 Å². The Balaban J connectivity index is 1.72. The van der Waals surface area contributed by atoms with Crippen LogP contribution in [0.2, 0.25) is 0 Å². The van der Waals surface area contributed by atoms with Crippen molar-refractivity contribution >= 4 is 12.2 Å². The number of methoxy groups -OCH3 is 2. The highest BCUT2D eigenvalue weighted by atomic mass is 32.1. The number of hydrogen-bond acceptors (Lipinski definition) is 6. The van der Waals surface area contributed by atoms with Gasteiger partial charge in [-0.15, -0.1) is 0 Å². The Morgan fingerprint density at radius 1 is 1.07 bits per heavy atom. The molecule has 1 aromatic heterocycles. The molecular weight excluding hydrogens is 388 g/mol. The van der Waals surface area contributed by atoms with Crippen molar-refractivity contribution in [1.29, 1.82) is 0 Å². The molecule has 3 rings (SSSR count). The molecule has 8 heteroatoms. The van der Waals surface area contributed by atoms with Gasteiger partial charge in [0.2, 0.25) is 4.77 Å². The zero-order valence-corrected chi connectivity index (χ0v) is 18.0. The van der Waals surface area contributed by atoms with Gasteiger partial charge in [-0.1, -0.05) is 12.1 Å². The van der Waals surface area contributed by atoms with E-state index in [0.717, 1.165) is 35.0 Å². The predicted molar refractivity (Wildman–Crippen MR) is 115 cm³/mol. The van der Waals surface area contributed by atoms with Crippen molar-refractivity contribution in [2.45, 2.75) is 20.1 Å². The zero-order chi connectivity index (χ0) is 20.8. The molecule has 2 aromatic carbocycles. The van der Waals surface area contributed by atoms with Gasteiger partial charge in [0.05, 0.1) is 33.2 Å². The van der Waals surface area contributed by atoms with E-state index in [2.05, 4.69) is 10.00 Å². The average molecular weight is 415 g/mol. The fraction of sp³-hybridized carbons (Fsp3) is 0.333. The highest BCUT2D eigenvalue weighted by Gasteiger charge is 2.10. The standard InChI is InChI=1S/C21H26N4O3S/c1-5-28-19-10-9-16(11-20(19)27-4)13-23(2)15-25-21(29)24(14-22-25)17-7-6-8-18(12-17)26-3/h6-12,14H,5,13,15H2,1-4H3. The summed E-state index contributed by atoms with van der Waals surface area (Å²) in [4.78, 5) is 2.13. The molecule has 0 aliphatic carbocycles. The smallest absolute Gasteiger partial charge is 0.203 e. The summed E-state index contributed by atoms with van der Waals surface area (Å²) >= 11 is 5.61. The molecule has 0 bridgehead atoms. The van der Waals surface area contributed by atoms with Gasteiger partial charge in [0.1, 0.15) is 12.1 Å². The van der Waals surface area contributed by atoms with Crippen molar-refractivity contribution in [3.8, 4) is 22.9 Å². The summed E-state index contributed by atoms with van der Waals surface area (Å²) in [7, 11) is 5.32. The fourth-order valence-corrected chi connectivity index (χ4v) is 3.30. The van der Waals surface area contributed by atoms with E-state index in [4.69, 9.17) is 26.4 Å². The second-order valence-corrected chi connectivity index (χ2v) is 6.92. The van der Waals surface area contributed by atoms with Crippen LogP contribution in [-0.2, 0) is 13.2 Å². The normalized spacial score (nSPS) is 10.9. The molecule has 1 heterocycles. The monoisotopic (exact) mass is 414 g/mol. The SMILES string of the molecule is CCOc1ccc(CN(C)Cn2ncn(-c3cccc(OC)c3)c2=S)cc1OC. The van der Waals surface area contributed by atoms with Gasteiger partial charge in [0.25, 0.3) is 0 Å². The summed E-state index contributed by atoms with van der Waals surface area (Å²) in [6, 6.07) is 13.7. The zero-order valence-electron chi connectivity index (χ0n) is 17.2. The van der Waals surface area contributed by atoms with Crippen molar-refractivity contribution in [3.63, 3.8) is 0 Å². The third-order valence-corrected chi connectivity index (χ3v) is 4.83. The van der Waals surface area contributed by atoms with Crippen LogP contribution in [0, 0.1) is 4.77 Å². The van der Waals surface area contributed by atoms with Gasteiger partial charge in [-0.05, 0) is 56.0 Å². The largest absolute Gasteiger partial charge is 0.497 e. The lowest BCUT2D eigenvalue weighted by Crippen LogP contribution is -2.22. The van der Waals surface area contributed by atoms with E-state index < -0.39 is 0 Å². The van der Waals surface area contributed by atoms with Crippen LogP contribution >= 0.6 is 12.2 Å². The lowest BCUT2D eigenvalue weighted by Gasteiger charge is -2.18. The number of ether oxygens (including phenoxy) is 3. The molecule has 3 aromatic rings. The summed E-state index contributed by atoms with van der Waals surface area (Å²) < 4.78 is 20.6. The van der Waals surface area contributed by atoms with Crippen LogP contribution < -0.4 is 14.2 Å². The van der Waals surface area contributed by atoms with Crippen LogP contribution in [0.3, 0.4) is 0 Å². The number of benzene rings is 2. The van der Waals surface area contributed by atoms with E-state index in [-0.39, 0.29) is 0 Å². The van der Waals surface area contributed by atoms with Crippen LogP contribution in [0.5, 0.6) is 17.2 Å². The van der Waals surface area contributed by atoms with Crippen LogP contribution in [-0.4, -0.2) is 47.1 Å². The Bertz CT molecular complexity index is 1020. The van der Waals surface area contributed by atoms with Gasteiger partial charge in [0, 0.05) is 12.6 Å². The fourth-order valence-electron chi connectivity index (χ4n) is 3.05. The molecular formula is C21H26N4O3S. The first-order valence-electron chi connectivity index (χ1n) is 9.32. The summed E-state index contributed by atoms with van der Waals surface area (Å²) in [6.07, 6.45) is 1.73. The van der Waals surface area contributed by atoms with Crippen molar-refractivity contribution in [2.24, 2.45) is 0 Å². The van der Waals surface area contributed by atoms with E-state index in [1.54, 1.807) is 25.2 Å². The molecule has 0 aliphatic rings. The van der Waals surface area contributed by atoms with E-state index in [1.165, 1.54) is 0 Å². The minimum absolute atomic E-state index is 0.561. The summed E-state index contributed by atoms with van der Waals surface area (Å²) in [5.41, 5.74) is 2.03. The van der Waals surface area contributed by atoms with Gasteiger partial charge < -0.3 is 14.2 Å². The van der Waals surface area contributed by atoms with E-state index in [9.17, 15) is 0 Å². The first-order valence-corrected chi connectivity index (χ1v) is 9.73. The van der Waals surface area contributed by atoms with Gasteiger partial charge in [-0.2, -0.15) is 5.10 Å². The Kier molecular flexibility index (Phi) is 6.90. The maximum Gasteiger partial charge on any atom is 0.203 e. The molecule has 0 fully saturated rings. The van der Waals surface area contributed by atoms with Crippen LogP contribution in [0.4, 0.5) is 0 Å². The highest BCUT2D eigenvalue weighted by molar-refractivity contribution is 7.71. The van der Waals surface area contributed by atoms with Crippen LogP contribution in [0.15, 0.2) is 48.8 Å². The molecule has 29 heavy (non-hydrogen) atoms. The van der Waals surface area contributed by atoms with Gasteiger partial charge >= 0.3 is 0 Å². The number of hydrogen-bond donors (Lipinski definition) is 0. The molecule has 0 amide bonds. The first-order chi connectivity index (χ1) is 14.0. The van der Waals surface area contributed by atoms with E-state index in [1.807, 2.05) is 61.0 Å². The van der Waals surface area contributed by atoms with Crippen LogP contribution in [0.1, 0.15) is 12.5 Å². The maximum absolute atomic E-state index is 5.61. The molecule has 7 nitrogen and oxygen atoms in total. The van der Waals surface area contributed by atoms with Crippen molar-refractivity contribution in [1.82, 2.24) is 19.2 Å². The first kappa shape index (κ1) is 20.9. The van der Waals surface area contributed by atoms with Gasteiger partial charge in [0.15, 0.2) is 11.5 Å². The molecule has 0 saturated carbocycles. The average Bonchev–Trinajstić information content (AvgIpc) is 3.09. The highest BCUT2D eigenvalue weighted by Crippen LogP contribution is 2.28. The number of nitrogens with zero attached hydrogens (tertiary/aromatic N) is 4. The second kappa shape index (κ2) is 9.58. The summed E-state index contributed by atoms with van der Waals surface area (Å²) in [5.74, 6) is 2.26. The molecule has 0 radical (unpaired) electrons. The summed E-state index contributed by atoms with van der Waals surface area (Å²) in [5, 5.41) is 4.45. The van der Waals surface area contributed by atoms with Crippen molar-refractivity contribution in [2.75, 3.05) is 27.9 Å². The molecule has 0 N–H and O–H groups in total. The maximum atomic E-state index is 5.61. The minimum Gasteiger partial charge on any atom is -0.497 e. The van der Waals surface area contributed by atoms with Gasteiger partial charge in [-0.25, -0.2) is 4.68 Å². The Labute approximate surface area is 176 Å². The van der Waals surface area contributed by atoms with Crippen LogP contribution in [0.25, 0.3) is 5.69 Å². The molecule has 0 atom stereocenters. The lowest BCUT2D eigenvalue weighted by atomic mass is 10.2. The number of aromatic nitrogens is 3. The van der Waals surface area contributed by atoms with Gasteiger partial charge in [-0.3, -0.25) is 9.47 Å². The number of rotatable bonds is 9. The van der Waals surface area contributed by atoms with E-state index >= 15 is 0 Å². The molecule has 154 valence electrons. The summed E-state index contributed by atoms with van der Waals surface area (Å²) in [6.45, 7) is 3.83. The quantitative estimate of drug-likeness (QED) is 0.495. The molecule has 0 unspecified atom stereocenters. The second-order valence-electron chi connectivity index (χ2n) is 6.56. The third kappa shape index (κ3) is 4.96. The Morgan fingerprint density at radius 2 is 1.90 bits per heavy atom. The Morgan fingerprint density at radius 3 is 2.62 bits per heavy atom. The predicted octanol–water partition coefficient (Wildman–Crippen LogP) is 3.91.